The highest BCUT2D eigenvalue weighted by molar-refractivity contribution is 5.48. The Morgan fingerprint density at radius 3 is 3.27 bits per heavy atom. The summed E-state index contributed by atoms with van der Waals surface area (Å²) >= 11 is 0. The van der Waals surface area contributed by atoms with Crippen molar-refractivity contribution in [2.24, 2.45) is 0 Å². The predicted molar refractivity (Wildman–Crippen MR) is 54.3 cm³/mol. The van der Waals surface area contributed by atoms with Crippen LogP contribution in [-0.4, -0.2) is 20.8 Å². The van der Waals surface area contributed by atoms with E-state index in [0.717, 1.165) is 30.2 Å². The van der Waals surface area contributed by atoms with Gasteiger partial charge in [0, 0.05) is 24.9 Å². The molecule has 1 N–H and O–H groups in total. The van der Waals surface area contributed by atoms with Crippen LogP contribution in [0.1, 0.15) is 12.1 Å². The van der Waals surface area contributed by atoms with Gasteiger partial charge in [-0.25, -0.2) is 4.98 Å². The van der Waals surface area contributed by atoms with Crippen LogP contribution in [0, 0.1) is 0 Å². The Morgan fingerprint density at radius 2 is 2.47 bits per heavy atom. The average molecular weight is 204 g/mol. The molecule has 4 heteroatoms. The summed E-state index contributed by atoms with van der Waals surface area (Å²) in [6.07, 6.45) is 4.72. The third-order valence-electron chi connectivity index (χ3n) is 2.81. The van der Waals surface area contributed by atoms with Crippen LogP contribution >= 0.6 is 0 Å². The summed E-state index contributed by atoms with van der Waals surface area (Å²) in [4.78, 5) is 4.33. The summed E-state index contributed by atoms with van der Waals surface area (Å²) in [6, 6.07) is 3.76. The van der Waals surface area contributed by atoms with Gasteiger partial charge in [0.2, 0.25) is 0 Å². The Bertz CT molecular complexity index is 459. The maximum absolute atomic E-state index is 9.53. The van der Waals surface area contributed by atoms with Crippen molar-refractivity contribution in [2.75, 3.05) is 0 Å². The normalized spacial score (nSPS) is 20.2. The molecule has 3 rings (SSSR count). The molecular weight excluding hydrogens is 192 g/mol. The van der Waals surface area contributed by atoms with Crippen molar-refractivity contribution in [1.82, 2.24) is 9.55 Å². The van der Waals surface area contributed by atoms with Crippen molar-refractivity contribution in [3.8, 4) is 11.6 Å². The van der Waals surface area contributed by atoms with E-state index in [9.17, 15) is 5.11 Å². The number of hydrogen-bond donors (Lipinski definition) is 1. The zero-order valence-electron chi connectivity index (χ0n) is 8.26. The van der Waals surface area contributed by atoms with Crippen molar-refractivity contribution in [1.29, 1.82) is 0 Å². The first kappa shape index (κ1) is 8.73. The van der Waals surface area contributed by atoms with Gasteiger partial charge in [-0.05, 0) is 18.6 Å². The highest BCUT2D eigenvalue weighted by Gasteiger charge is 2.21. The molecule has 0 spiro atoms. The van der Waals surface area contributed by atoms with E-state index >= 15 is 0 Å². The smallest absolute Gasteiger partial charge is 0.176 e. The number of rotatable bonds is 1. The molecule has 0 bridgehead atoms. The van der Waals surface area contributed by atoms with E-state index in [4.69, 9.17) is 4.42 Å². The Kier molecular flexibility index (Phi) is 1.89. The number of hydrogen-bond acceptors (Lipinski definition) is 3. The Hall–Kier alpha value is -1.55. The molecule has 0 amide bonds. The van der Waals surface area contributed by atoms with Crippen LogP contribution in [0.3, 0.4) is 0 Å². The molecule has 1 aliphatic rings. The second kappa shape index (κ2) is 3.24. The van der Waals surface area contributed by atoms with Crippen LogP contribution in [0.4, 0.5) is 0 Å². The minimum Gasteiger partial charge on any atom is -0.461 e. The fourth-order valence-corrected chi connectivity index (χ4v) is 2.05. The van der Waals surface area contributed by atoms with Gasteiger partial charge in [-0.3, -0.25) is 0 Å². The largest absolute Gasteiger partial charge is 0.461 e. The highest BCUT2D eigenvalue weighted by atomic mass is 16.3. The Morgan fingerprint density at radius 1 is 1.53 bits per heavy atom. The van der Waals surface area contributed by atoms with Crippen LogP contribution in [0.25, 0.3) is 11.6 Å². The second-order valence-electron chi connectivity index (χ2n) is 3.85. The maximum atomic E-state index is 9.53. The first-order valence-corrected chi connectivity index (χ1v) is 5.11. The van der Waals surface area contributed by atoms with Gasteiger partial charge >= 0.3 is 0 Å². The van der Waals surface area contributed by atoms with Crippen LogP contribution in [0.15, 0.2) is 29.0 Å². The number of nitrogens with zero attached hydrogens (tertiary/aromatic N) is 2. The van der Waals surface area contributed by atoms with E-state index in [1.165, 1.54) is 0 Å². The molecular formula is C11H12N2O2. The van der Waals surface area contributed by atoms with Gasteiger partial charge in [-0.1, -0.05) is 0 Å². The third-order valence-corrected chi connectivity index (χ3v) is 2.81. The topological polar surface area (TPSA) is 51.2 Å². The van der Waals surface area contributed by atoms with Crippen LogP contribution in [-0.2, 0) is 13.0 Å². The Balaban J connectivity index is 2.05. The van der Waals surface area contributed by atoms with E-state index in [2.05, 4.69) is 9.55 Å². The standard InChI is InChI=1S/C11H12N2O2/c14-9-3-4-13-8(6-9)7-12-11(13)10-2-1-5-15-10/h1-2,5,7,9,14H,3-4,6H2. The van der Waals surface area contributed by atoms with Crippen molar-refractivity contribution < 1.29 is 9.52 Å². The fraction of sp³-hybridized carbons (Fsp3) is 0.364. The molecule has 2 aromatic rings. The molecule has 0 saturated heterocycles. The van der Waals surface area contributed by atoms with Crippen LogP contribution in [0.2, 0.25) is 0 Å². The van der Waals surface area contributed by atoms with Crippen molar-refractivity contribution in [3.05, 3.63) is 30.3 Å². The molecule has 3 heterocycles. The lowest BCUT2D eigenvalue weighted by atomic mass is 10.1. The third kappa shape index (κ3) is 1.37. The van der Waals surface area contributed by atoms with E-state index in [1.54, 1.807) is 6.26 Å². The molecule has 4 nitrogen and oxygen atoms in total. The highest BCUT2D eigenvalue weighted by Crippen LogP contribution is 2.24. The molecule has 0 fully saturated rings. The molecule has 2 aromatic heterocycles. The molecule has 1 unspecified atom stereocenters. The average Bonchev–Trinajstić information content (AvgIpc) is 2.82. The fourth-order valence-electron chi connectivity index (χ4n) is 2.05. The van der Waals surface area contributed by atoms with E-state index in [0.29, 0.717) is 6.42 Å². The number of furan rings is 1. The summed E-state index contributed by atoms with van der Waals surface area (Å²) < 4.78 is 7.44. The lowest BCUT2D eigenvalue weighted by molar-refractivity contribution is 0.144. The SMILES string of the molecule is OC1CCn2c(cnc2-c2ccco2)C1. The van der Waals surface area contributed by atoms with Crippen molar-refractivity contribution in [2.45, 2.75) is 25.5 Å². The summed E-state index contributed by atoms with van der Waals surface area (Å²) in [5, 5.41) is 9.53. The van der Waals surface area contributed by atoms with Crippen LogP contribution < -0.4 is 0 Å². The first-order valence-electron chi connectivity index (χ1n) is 5.11. The molecule has 1 aliphatic heterocycles. The predicted octanol–water partition coefficient (Wildman–Crippen LogP) is 1.45. The Labute approximate surface area is 87.2 Å². The summed E-state index contributed by atoms with van der Waals surface area (Å²) in [6.45, 7) is 0.812. The number of aliphatic hydroxyl groups excluding tert-OH is 1. The first-order chi connectivity index (χ1) is 7.34. The molecule has 0 saturated carbocycles. The monoisotopic (exact) mass is 204 g/mol. The second-order valence-corrected chi connectivity index (χ2v) is 3.85. The maximum Gasteiger partial charge on any atom is 0.176 e. The van der Waals surface area contributed by atoms with Gasteiger partial charge in [0.25, 0.3) is 0 Å². The quantitative estimate of drug-likeness (QED) is 0.764. The molecule has 15 heavy (non-hydrogen) atoms. The number of aliphatic hydroxyl groups is 1. The number of fused-ring (bicyclic) bond motifs is 1. The number of aromatic nitrogens is 2. The van der Waals surface area contributed by atoms with Gasteiger partial charge in [-0.2, -0.15) is 0 Å². The summed E-state index contributed by atoms with van der Waals surface area (Å²) in [5.41, 5.74) is 1.08. The minimum absolute atomic E-state index is 0.223. The van der Waals surface area contributed by atoms with Gasteiger partial charge in [0.1, 0.15) is 0 Å². The van der Waals surface area contributed by atoms with E-state index in [-0.39, 0.29) is 6.10 Å². The van der Waals surface area contributed by atoms with Gasteiger partial charge < -0.3 is 14.1 Å². The zero-order valence-corrected chi connectivity index (χ0v) is 8.26. The molecule has 0 aromatic carbocycles. The lowest BCUT2D eigenvalue weighted by Gasteiger charge is -2.20. The molecule has 0 aliphatic carbocycles. The lowest BCUT2D eigenvalue weighted by Crippen LogP contribution is -2.22. The van der Waals surface area contributed by atoms with Crippen molar-refractivity contribution in [3.63, 3.8) is 0 Å². The van der Waals surface area contributed by atoms with Gasteiger partial charge in [0.15, 0.2) is 11.6 Å². The molecule has 1 atom stereocenters. The van der Waals surface area contributed by atoms with Gasteiger partial charge in [-0.15, -0.1) is 0 Å². The molecule has 78 valence electrons. The van der Waals surface area contributed by atoms with Crippen molar-refractivity contribution >= 4 is 0 Å². The van der Waals surface area contributed by atoms with E-state index in [1.807, 2.05) is 18.3 Å². The zero-order chi connectivity index (χ0) is 10.3. The molecule has 0 radical (unpaired) electrons. The van der Waals surface area contributed by atoms with Gasteiger partial charge in [0.05, 0.1) is 12.4 Å². The summed E-state index contributed by atoms with van der Waals surface area (Å²) in [7, 11) is 0. The van der Waals surface area contributed by atoms with Crippen LogP contribution in [0.5, 0.6) is 0 Å². The number of imidazole rings is 1. The summed E-state index contributed by atoms with van der Waals surface area (Å²) in [5.74, 6) is 1.65. The van der Waals surface area contributed by atoms with E-state index < -0.39 is 0 Å². The minimum atomic E-state index is -0.223.